The van der Waals surface area contributed by atoms with E-state index in [1.165, 1.54) is 63.0 Å². The van der Waals surface area contributed by atoms with Gasteiger partial charge in [0.1, 0.15) is 0 Å². The van der Waals surface area contributed by atoms with Crippen molar-refractivity contribution in [2.45, 2.75) is 64.2 Å². The molecule has 0 N–H and O–H groups in total. The molecule has 128 valence electrons. The van der Waals surface area contributed by atoms with Crippen LogP contribution < -0.4 is 0 Å². The fourth-order valence-electron chi connectivity index (χ4n) is 3.96. The van der Waals surface area contributed by atoms with Crippen molar-refractivity contribution in [2.75, 3.05) is 0 Å². The SMILES string of the molecule is CCCCCC1CCC(c2ccc(-c3ccc(F)nc3)cc2)CC1. The van der Waals surface area contributed by atoms with E-state index in [4.69, 9.17) is 0 Å². The molecular weight excluding hydrogens is 297 g/mol. The lowest BCUT2D eigenvalue weighted by Crippen LogP contribution is -2.13. The Labute approximate surface area is 145 Å². The van der Waals surface area contributed by atoms with Gasteiger partial charge in [-0.25, -0.2) is 4.98 Å². The predicted molar refractivity (Wildman–Crippen MR) is 98.5 cm³/mol. The molecule has 0 spiro atoms. The smallest absolute Gasteiger partial charge is 0.212 e. The first-order valence-corrected chi connectivity index (χ1v) is 9.48. The van der Waals surface area contributed by atoms with Crippen molar-refractivity contribution >= 4 is 0 Å². The van der Waals surface area contributed by atoms with E-state index in [1.807, 2.05) is 0 Å². The fourth-order valence-corrected chi connectivity index (χ4v) is 3.96. The van der Waals surface area contributed by atoms with Crippen LogP contribution in [-0.2, 0) is 0 Å². The Bertz CT molecular complexity index is 609. The largest absolute Gasteiger partial charge is 0.228 e. The number of aromatic nitrogens is 1. The molecule has 0 unspecified atom stereocenters. The minimum Gasteiger partial charge on any atom is -0.228 e. The number of benzene rings is 1. The zero-order valence-corrected chi connectivity index (χ0v) is 14.7. The molecule has 0 atom stereocenters. The van der Waals surface area contributed by atoms with Crippen molar-refractivity contribution in [1.82, 2.24) is 4.98 Å². The highest BCUT2D eigenvalue weighted by molar-refractivity contribution is 5.62. The molecule has 1 aromatic carbocycles. The maximum atomic E-state index is 12.9. The molecule has 0 aliphatic heterocycles. The van der Waals surface area contributed by atoms with Gasteiger partial charge in [-0.05, 0) is 60.8 Å². The van der Waals surface area contributed by atoms with E-state index < -0.39 is 5.95 Å². The summed E-state index contributed by atoms with van der Waals surface area (Å²) in [5.41, 5.74) is 3.54. The summed E-state index contributed by atoms with van der Waals surface area (Å²) >= 11 is 0. The minimum atomic E-state index is -0.425. The molecule has 24 heavy (non-hydrogen) atoms. The molecule has 1 saturated carbocycles. The summed E-state index contributed by atoms with van der Waals surface area (Å²) in [6, 6.07) is 12.0. The van der Waals surface area contributed by atoms with E-state index in [-0.39, 0.29) is 0 Å². The van der Waals surface area contributed by atoms with Crippen molar-refractivity contribution in [3.8, 4) is 11.1 Å². The monoisotopic (exact) mass is 325 g/mol. The second-order valence-corrected chi connectivity index (χ2v) is 7.21. The first-order valence-electron chi connectivity index (χ1n) is 9.48. The molecule has 1 aromatic heterocycles. The average molecular weight is 325 g/mol. The van der Waals surface area contributed by atoms with Crippen LogP contribution in [0.25, 0.3) is 11.1 Å². The van der Waals surface area contributed by atoms with Gasteiger partial charge in [0.05, 0.1) is 0 Å². The summed E-state index contributed by atoms with van der Waals surface area (Å²) in [4.78, 5) is 3.74. The molecular formula is C22H28FN. The third-order valence-corrected chi connectivity index (χ3v) is 5.51. The van der Waals surface area contributed by atoms with E-state index >= 15 is 0 Å². The van der Waals surface area contributed by atoms with Gasteiger partial charge in [-0.3, -0.25) is 0 Å². The highest BCUT2D eigenvalue weighted by Crippen LogP contribution is 2.38. The second-order valence-electron chi connectivity index (χ2n) is 7.21. The van der Waals surface area contributed by atoms with E-state index in [2.05, 4.69) is 36.2 Å². The third-order valence-electron chi connectivity index (χ3n) is 5.51. The Morgan fingerprint density at radius 1 is 0.917 bits per heavy atom. The summed E-state index contributed by atoms with van der Waals surface area (Å²) in [6.45, 7) is 2.28. The Morgan fingerprint density at radius 3 is 2.25 bits per heavy atom. The van der Waals surface area contributed by atoms with Crippen molar-refractivity contribution < 1.29 is 4.39 Å². The summed E-state index contributed by atoms with van der Waals surface area (Å²) < 4.78 is 12.9. The number of nitrogens with zero attached hydrogens (tertiary/aromatic N) is 1. The number of halogens is 1. The molecule has 2 aromatic rings. The molecule has 0 amide bonds. The topological polar surface area (TPSA) is 12.9 Å². The van der Waals surface area contributed by atoms with Crippen molar-refractivity contribution in [3.05, 3.63) is 54.1 Å². The van der Waals surface area contributed by atoms with Crippen LogP contribution in [0.2, 0.25) is 0 Å². The van der Waals surface area contributed by atoms with Crippen molar-refractivity contribution in [3.63, 3.8) is 0 Å². The third kappa shape index (κ3) is 4.43. The minimum absolute atomic E-state index is 0.425. The molecule has 0 bridgehead atoms. The quantitative estimate of drug-likeness (QED) is 0.423. The van der Waals surface area contributed by atoms with E-state index in [9.17, 15) is 4.39 Å². The summed E-state index contributed by atoms with van der Waals surface area (Å²) in [6.07, 6.45) is 12.6. The Balaban J connectivity index is 1.56. The van der Waals surface area contributed by atoms with Gasteiger partial charge in [-0.2, -0.15) is 4.39 Å². The number of unbranched alkanes of at least 4 members (excludes halogenated alkanes) is 2. The zero-order valence-electron chi connectivity index (χ0n) is 14.7. The number of hydrogen-bond acceptors (Lipinski definition) is 1. The van der Waals surface area contributed by atoms with Crippen LogP contribution in [0.5, 0.6) is 0 Å². The lowest BCUT2D eigenvalue weighted by Gasteiger charge is -2.29. The van der Waals surface area contributed by atoms with Gasteiger partial charge in [0, 0.05) is 11.8 Å². The van der Waals surface area contributed by atoms with E-state index in [1.54, 1.807) is 12.3 Å². The average Bonchev–Trinajstić information content (AvgIpc) is 2.63. The van der Waals surface area contributed by atoms with Gasteiger partial charge >= 0.3 is 0 Å². The highest BCUT2D eigenvalue weighted by atomic mass is 19.1. The molecule has 1 heterocycles. The first-order chi connectivity index (χ1) is 11.8. The number of hydrogen-bond donors (Lipinski definition) is 0. The van der Waals surface area contributed by atoms with Crippen LogP contribution in [-0.4, -0.2) is 4.98 Å². The van der Waals surface area contributed by atoms with Gasteiger partial charge in [0.2, 0.25) is 5.95 Å². The summed E-state index contributed by atoms with van der Waals surface area (Å²) in [5, 5.41) is 0. The van der Waals surface area contributed by atoms with E-state index in [0.29, 0.717) is 5.92 Å². The molecule has 1 nitrogen and oxygen atoms in total. The summed E-state index contributed by atoms with van der Waals surface area (Å²) in [5.74, 6) is 1.25. The van der Waals surface area contributed by atoms with Gasteiger partial charge in [-0.15, -0.1) is 0 Å². The predicted octanol–water partition coefficient (Wildman–Crippen LogP) is 6.74. The molecule has 1 aliphatic rings. The standard InChI is InChI=1S/C22H28FN/c1-2-3-4-5-17-6-8-18(9-7-17)19-10-12-20(13-11-19)21-14-15-22(23)24-16-21/h10-18H,2-9H2,1H3. The zero-order chi connectivity index (χ0) is 16.8. The maximum absolute atomic E-state index is 12.9. The van der Waals surface area contributed by atoms with Crippen LogP contribution in [0.15, 0.2) is 42.6 Å². The first kappa shape index (κ1) is 17.1. The van der Waals surface area contributed by atoms with Crippen molar-refractivity contribution in [2.24, 2.45) is 5.92 Å². The molecule has 1 fully saturated rings. The van der Waals surface area contributed by atoms with E-state index in [0.717, 1.165) is 17.0 Å². The van der Waals surface area contributed by atoms with Crippen LogP contribution >= 0.6 is 0 Å². The van der Waals surface area contributed by atoms with Gasteiger partial charge < -0.3 is 0 Å². The second kappa shape index (κ2) is 8.41. The Hall–Kier alpha value is -1.70. The van der Waals surface area contributed by atoms with Gasteiger partial charge in [0.15, 0.2) is 0 Å². The van der Waals surface area contributed by atoms with Crippen LogP contribution in [0.1, 0.15) is 69.8 Å². The molecule has 0 saturated heterocycles. The van der Waals surface area contributed by atoms with Gasteiger partial charge in [0.25, 0.3) is 0 Å². The van der Waals surface area contributed by atoms with Crippen LogP contribution in [0.4, 0.5) is 4.39 Å². The maximum Gasteiger partial charge on any atom is 0.212 e. The summed E-state index contributed by atoms with van der Waals surface area (Å²) in [7, 11) is 0. The Kier molecular flexibility index (Phi) is 6.01. The lowest BCUT2D eigenvalue weighted by atomic mass is 9.77. The highest BCUT2D eigenvalue weighted by Gasteiger charge is 2.21. The van der Waals surface area contributed by atoms with Crippen molar-refractivity contribution in [1.29, 1.82) is 0 Å². The molecule has 0 radical (unpaired) electrons. The fraction of sp³-hybridized carbons (Fsp3) is 0.500. The number of rotatable bonds is 6. The van der Waals surface area contributed by atoms with Crippen LogP contribution in [0.3, 0.4) is 0 Å². The molecule has 2 heteroatoms. The Morgan fingerprint density at radius 2 is 1.62 bits per heavy atom. The lowest BCUT2D eigenvalue weighted by molar-refractivity contribution is 0.303. The van der Waals surface area contributed by atoms with Crippen LogP contribution in [0, 0.1) is 11.9 Å². The normalized spacial score (nSPS) is 20.9. The van der Waals surface area contributed by atoms with Gasteiger partial charge in [-0.1, -0.05) is 56.9 Å². The number of pyridine rings is 1. The molecule has 1 aliphatic carbocycles. The molecule has 3 rings (SSSR count).